The van der Waals surface area contributed by atoms with Crippen LogP contribution >= 0.6 is 0 Å². The summed E-state index contributed by atoms with van der Waals surface area (Å²) >= 11 is 0. The summed E-state index contributed by atoms with van der Waals surface area (Å²) in [7, 11) is -2.06. The van der Waals surface area contributed by atoms with Crippen molar-refractivity contribution < 1.29 is 19.1 Å². The normalized spacial score (nSPS) is 23.8. The first-order valence-electron chi connectivity index (χ1n) is 6.18. The molecule has 0 bridgehead atoms. The van der Waals surface area contributed by atoms with Gasteiger partial charge in [0.2, 0.25) is 0 Å². The quantitative estimate of drug-likeness (QED) is 0.675. The molecule has 0 saturated carbocycles. The van der Waals surface area contributed by atoms with Gasteiger partial charge < -0.3 is 19.1 Å². The zero-order valence-corrected chi connectivity index (χ0v) is 11.8. The molecule has 0 aromatic carbocycles. The van der Waals surface area contributed by atoms with Gasteiger partial charge in [-0.2, -0.15) is 0 Å². The SMILES string of the molecule is CCOC1CCCC[Si]1(OCC)OCC.O. The molecule has 2 N–H and O–H groups in total. The van der Waals surface area contributed by atoms with Crippen LogP contribution in [0.4, 0.5) is 0 Å². The second-order valence-electron chi connectivity index (χ2n) is 3.87. The lowest BCUT2D eigenvalue weighted by Crippen LogP contribution is -2.56. The van der Waals surface area contributed by atoms with Gasteiger partial charge in [0, 0.05) is 19.8 Å². The molecule has 0 aromatic rings. The van der Waals surface area contributed by atoms with Gasteiger partial charge in [0.1, 0.15) is 5.73 Å². The van der Waals surface area contributed by atoms with E-state index >= 15 is 0 Å². The molecule has 0 aliphatic carbocycles. The fourth-order valence-electron chi connectivity index (χ4n) is 2.35. The van der Waals surface area contributed by atoms with Gasteiger partial charge in [-0.25, -0.2) is 0 Å². The third-order valence-corrected chi connectivity index (χ3v) is 6.92. The second kappa shape index (κ2) is 8.19. The molecule has 1 unspecified atom stereocenters. The lowest BCUT2D eigenvalue weighted by molar-refractivity contribution is 0.0396. The van der Waals surface area contributed by atoms with Crippen LogP contribution in [0.15, 0.2) is 0 Å². The average molecular weight is 250 g/mol. The van der Waals surface area contributed by atoms with Crippen LogP contribution in [0.5, 0.6) is 0 Å². The van der Waals surface area contributed by atoms with Gasteiger partial charge in [0.05, 0.1) is 0 Å². The molecule has 0 aromatic heterocycles. The Morgan fingerprint density at radius 3 is 2.12 bits per heavy atom. The van der Waals surface area contributed by atoms with Crippen molar-refractivity contribution in [2.24, 2.45) is 0 Å². The van der Waals surface area contributed by atoms with Crippen molar-refractivity contribution in [2.45, 2.75) is 51.8 Å². The number of ether oxygens (including phenoxy) is 1. The minimum absolute atomic E-state index is 0. The molecular formula is C11H26O4Si. The van der Waals surface area contributed by atoms with Crippen LogP contribution in [-0.4, -0.2) is 39.6 Å². The lowest BCUT2D eigenvalue weighted by Gasteiger charge is -2.39. The van der Waals surface area contributed by atoms with Crippen LogP contribution in [0.1, 0.15) is 40.0 Å². The first-order valence-corrected chi connectivity index (χ1v) is 8.28. The van der Waals surface area contributed by atoms with Crippen LogP contribution in [0.2, 0.25) is 6.04 Å². The summed E-state index contributed by atoms with van der Waals surface area (Å²) in [5.74, 6) is 0. The largest absolute Gasteiger partial charge is 0.412 e. The van der Waals surface area contributed by atoms with E-state index in [1.165, 1.54) is 12.8 Å². The van der Waals surface area contributed by atoms with Crippen LogP contribution in [0.25, 0.3) is 0 Å². The smallest absolute Gasteiger partial charge is 0.368 e. The van der Waals surface area contributed by atoms with Crippen LogP contribution in [0.3, 0.4) is 0 Å². The van der Waals surface area contributed by atoms with Gasteiger partial charge in [-0.1, -0.05) is 12.8 Å². The highest BCUT2D eigenvalue weighted by molar-refractivity contribution is 6.69. The minimum atomic E-state index is -2.06. The molecule has 1 fully saturated rings. The highest BCUT2D eigenvalue weighted by atomic mass is 28.4. The van der Waals surface area contributed by atoms with Crippen molar-refractivity contribution in [3.63, 3.8) is 0 Å². The van der Waals surface area contributed by atoms with Crippen molar-refractivity contribution in [1.29, 1.82) is 0 Å². The first kappa shape index (κ1) is 16.1. The van der Waals surface area contributed by atoms with E-state index in [0.29, 0.717) is 0 Å². The summed E-state index contributed by atoms with van der Waals surface area (Å²) in [5.41, 5.74) is 0.246. The summed E-state index contributed by atoms with van der Waals surface area (Å²) in [5, 5.41) is 0. The summed E-state index contributed by atoms with van der Waals surface area (Å²) in [6, 6.07) is 1.10. The molecule has 1 aliphatic rings. The van der Waals surface area contributed by atoms with Crippen LogP contribution in [-0.2, 0) is 13.6 Å². The van der Waals surface area contributed by atoms with E-state index < -0.39 is 8.56 Å². The predicted molar refractivity (Wildman–Crippen MR) is 66.7 cm³/mol. The van der Waals surface area contributed by atoms with E-state index in [0.717, 1.165) is 32.3 Å². The van der Waals surface area contributed by atoms with Gasteiger partial charge in [-0.3, -0.25) is 0 Å². The van der Waals surface area contributed by atoms with E-state index in [9.17, 15) is 0 Å². The van der Waals surface area contributed by atoms with Crippen LogP contribution in [0, 0.1) is 0 Å². The molecule has 5 heteroatoms. The maximum Gasteiger partial charge on any atom is 0.368 e. The molecule has 1 atom stereocenters. The fourth-order valence-corrected chi connectivity index (χ4v) is 6.20. The molecule has 1 saturated heterocycles. The molecule has 4 nitrogen and oxygen atoms in total. The molecule has 0 amide bonds. The Kier molecular flexibility index (Phi) is 8.22. The number of hydrogen-bond donors (Lipinski definition) is 0. The zero-order chi connectivity index (χ0) is 11.1. The molecule has 1 rings (SSSR count). The molecule has 16 heavy (non-hydrogen) atoms. The average Bonchev–Trinajstić information content (AvgIpc) is 2.23. The van der Waals surface area contributed by atoms with Gasteiger partial charge in [0.25, 0.3) is 0 Å². The highest BCUT2D eigenvalue weighted by Crippen LogP contribution is 2.32. The van der Waals surface area contributed by atoms with Gasteiger partial charge in [-0.15, -0.1) is 0 Å². The highest BCUT2D eigenvalue weighted by Gasteiger charge is 2.48. The molecule has 1 aliphatic heterocycles. The summed E-state index contributed by atoms with van der Waals surface area (Å²) < 4.78 is 17.8. The van der Waals surface area contributed by atoms with Crippen molar-refractivity contribution in [1.82, 2.24) is 0 Å². The first-order chi connectivity index (χ1) is 7.29. The number of hydrogen-bond acceptors (Lipinski definition) is 3. The molecule has 98 valence electrons. The molecule has 0 radical (unpaired) electrons. The Balaban J connectivity index is 0.00000225. The third-order valence-electron chi connectivity index (χ3n) is 2.88. The second-order valence-corrected chi connectivity index (χ2v) is 7.21. The Morgan fingerprint density at radius 1 is 1.00 bits per heavy atom. The maximum absolute atomic E-state index is 5.97. The fraction of sp³-hybridized carbons (Fsp3) is 1.00. The third kappa shape index (κ3) is 3.82. The van der Waals surface area contributed by atoms with Crippen molar-refractivity contribution >= 4 is 8.56 Å². The Morgan fingerprint density at radius 2 is 1.62 bits per heavy atom. The monoisotopic (exact) mass is 250 g/mol. The lowest BCUT2D eigenvalue weighted by atomic mass is 10.2. The van der Waals surface area contributed by atoms with E-state index in [4.69, 9.17) is 13.6 Å². The molecular weight excluding hydrogens is 224 g/mol. The topological polar surface area (TPSA) is 59.2 Å². The van der Waals surface area contributed by atoms with Crippen molar-refractivity contribution in [2.75, 3.05) is 19.8 Å². The standard InChI is InChI=1S/C11H24O3Si.H2O/c1-4-12-11-9-7-8-10-15(11,13-5-2)14-6-3;/h11H,4-10H2,1-3H3;1H2. The Labute approximate surface area is 99.8 Å². The number of rotatable bonds is 6. The molecule has 0 spiro atoms. The van der Waals surface area contributed by atoms with Crippen molar-refractivity contribution in [3.05, 3.63) is 0 Å². The Hall–Kier alpha value is 0.0569. The Bertz CT molecular complexity index is 164. The van der Waals surface area contributed by atoms with E-state index in [1.54, 1.807) is 0 Å². The van der Waals surface area contributed by atoms with E-state index in [1.807, 2.05) is 20.8 Å². The summed E-state index contributed by atoms with van der Waals surface area (Å²) in [4.78, 5) is 0. The van der Waals surface area contributed by atoms with E-state index in [-0.39, 0.29) is 11.2 Å². The maximum atomic E-state index is 5.97. The summed E-state index contributed by atoms with van der Waals surface area (Å²) in [6.07, 6.45) is 3.59. The predicted octanol–water partition coefficient (Wildman–Crippen LogP) is 1.81. The van der Waals surface area contributed by atoms with E-state index in [2.05, 4.69) is 0 Å². The van der Waals surface area contributed by atoms with Crippen molar-refractivity contribution in [3.8, 4) is 0 Å². The minimum Gasteiger partial charge on any atom is -0.412 e. The zero-order valence-electron chi connectivity index (χ0n) is 10.8. The van der Waals surface area contributed by atoms with Gasteiger partial charge in [0.15, 0.2) is 0 Å². The van der Waals surface area contributed by atoms with Gasteiger partial charge >= 0.3 is 8.56 Å². The van der Waals surface area contributed by atoms with Crippen LogP contribution < -0.4 is 0 Å². The van der Waals surface area contributed by atoms with Gasteiger partial charge in [-0.05, 0) is 33.2 Å². The molecule has 1 heterocycles. The summed E-state index contributed by atoms with van der Waals surface area (Å²) in [6.45, 7) is 8.40.